The number of hydroxylamine groups is 2. The standard InChI is InChI=1S/C18H25N5O8S/c1-11(19)10-30-15-5-3-2-4-12(15)8-16(24)20-21-17(25)14-7-6-13-9-22(14)18(26)23(13)31-32(27,28)29/h2-5,11,13-14H,6-10,19H2,1H3,(H,20,24)(H,21,25)(H,27,28,29). The lowest BCUT2D eigenvalue weighted by molar-refractivity contribution is -0.131. The van der Waals surface area contributed by atoms with Crippen molar-refractivity contribution in [1.29, 1.82) is 0 Å². The Labute approximate surface area is 184 Å². The zero-order chi connectivity index (χ0) is 23.5. The van der Waals surface area contributed by atoms with Gasteiger partial charge in [0, 0.05) is 18.2 Å². The van der Waals surface area contributed by atoms with Crippen LogP contribution in [0, 0.1) is 0 Å². The fraction of sp³-hybridized carbons (Fsp3) is 0.500. The summed E-state index contributed by atoms with van der Waals surface area (Å²) in [5.74, 6) is -0.639. The molecule has 5 N–H and O–H groups in total. The molecule has 2 bridgehead atoms. The molecule has 0 aromatic heterocycles. The van der Waals surface area contributed by atoms with E-state index in [9.17, 15) is 22.8 Å². The highest BCUT2D eigenvalue weighted by atomic mass is 32.3. The lowest BCUT2D eigenvalue weighted by atomic mass is 10.0. The minimum absolute atomic E-state index is 0.0463. The van der Waals surface area contributed by atoms with Crippen LogP contribution in [0.25, 0.3) is 0 Å². The second-order valence-corrected chi connectivity index (χ2v) is 8.62. The molecule has 14 heteroatoms. The molecule has 2 aliphatic heterocycles. The summed E-state index contributed by atoms with van der Waals surface area (Å²) in [5.41, 5.74) is 10.9. The summed E-state index contributed by atoms with van der Waals surface area (Å²) < 4.78 is 40.6. The van der Waals surface area contributed by atoms with Crippen LogP contribution in [0.2, 0.25) is 0 Å². The van der Waals surface area contributed by atoms with Gasteiger partial charge in [-0.2, -0.15) is 13.5 Å². The molecule has 176 valence electrons. The molecular weight excluding hydrogens is 446 g/mol. The number of carbonyl (C=O) groups excluding carboxylic acids is 3. The summed E-state index contributed by atoms with van der Waals surface area (Å²) in [6.07, 6.45) is 0.423. The first-order chi connectivity index (χ1) is 15.0. The molecule has 2 saturated heterocycles. The van der Waals surface area contributed by atoms with Crippen LogP contribution in [-0.2, 0) is 30.7 Å². The monoisotopic (exact) mass is 471 g/mol. The van der Waals surface area contributed by atoms with Gasteiger partial charge in [-0.3, -0.25) is 25.0 Å². The zero-order valence-electron chi connectivity index (χ0n) is 17.3. The second-order valence-electron chi connectivity index (χ2n) is 7.62. The van der Waals surface area contributed by atoms with Crippen LogP contribution in [0.5, 0.6) is 5.75 Å². The summed E-state index contributed by atoms with van der Waals surface area (Å²) in [6, 6.07) is 4.34. The van der Waals surface area contributed by atoms with Crippen molar-refractivity contribution in [2.24, 2.45) is 5.73 Å². The van der Waals surface area contributed by atoms with Crippen LogP contribution in [0.3, 0.4) is 0 Å². The Morgan fingerprint density at radius 2 is 2.00 bits per heavy atom. The number of rotatable bonds is 8. The highest BCUT2D eigenvalue weighted by molar-refractivity contribution is 7.80. The number of urea groups is 1. The molecule has 2 fully saturated rings. The molecular formula is C18H25N5O8S. The van der Waals surface area contributed by atoms with Gasteiger partial charge in [-0.25, -0.2) is 4.79 Å². The Hall–Kier alpha value is -2.94. The van der Waals surface area contributed by atoms with Crippen molar-refractivity contribution < 1.29 is 36.4 Å². The maximum absolute atomic E-state index is 12.5. The number of amides is 4. The summed E-state index contributed by atoms with van der Waals surface area (Å²) in [4.78, 5) is 38.3. The number of nitrogens with one attached hydrogen (secondary N) is 2. The average molecular weight is 471 g/mol. The minimum atomic E-state index is -4.88. The van der Waals surface area contributed by atoms with E-state index in [0.717, 1.165) is 4.90 Å². The molecule has 3 rings (SSSR count). The molecule has 3 atom stereocenters. The number of hydrogen-bond donors (Lipinski definition) is 4. The first kappa shape index (κ1) is 23.7. The van der Waals surface area contributed by atoms with E-state index < -0.39 is 40.3 Å². The number of piperidine rings is 1. The van der Waals surface area contributed by atoms with Crippen molar-refractivity contribution >= 4 is 28.2 Å². The molecule has 2 heterocycles. The van der Waals surface area contributed by atoms with E-state index in [-0.39, 0.29) is 38.5 Å². The highest BCUT2D eigenvalue weighted by Gasteiger charge is 2.49. The van der Waals surface area contributed by atoms with Crippen LogP contribution in [0.15, 0.2) is 24.3 Å². The van der Waals surface area contributed by atoms with Crippen molar-refractivity contribution in [3.63, 3.8) is 0 Å². The normalized spacial score (nSPS) is 21.3. The number of carbonyl (C=O) groups is 3. The Bertz CT molecular complexity index is 985. The fourth-order valence-corrected chi connectivity index (χ4v) is 3.94. The average Bonchev–Trinajstić information content (AvgIpc) is 2.95. The second kappa shape index (κ2) is 9.68. The third-order valence-corrected chi connectivity index (χ3v) is 5.30. The lowest BCUT2D eigenvalue weighted by Gasteiger charge is -2.29. The SMILES string of the molecule is CC(N)COc1ccccc1CC(=O)NNC(=O)C1CCC2CN1C(=O)N2OS(=O)(=O)O. The first-order valence-electron chi connectivity index (χ1n) is 9.87. The molecule has 4 amide bonds. The minimum Gasteiger partial charge on any atom is -0.492 e. The quantitative estimate of drug-likeness (QED) is 0.276. The van der Waals surface area contributed by atoms with Gasteiger partial charge in [0.2, 0.25) is 5.91 Å². The first-order valence-corrected chi connectivity index (χ1v) is 11.2. The van der Waals surface area contributed by atoms with Crippen LogP contribution in [-0.4, -0.2) is 72.1 Å². The molecule has 1 aromatic rings. The van der Waals surface area contributed by atoms with Gasteiger partial charge in [0.1, 0.15) is 18.4 Å². The molecule has 32 heavy (non-hydrogen) atoms. The maximum Gasteiger partial charge on any atom is 0.418 e. The van der Waals surface area contributed by atoms with Gasteiger partial charge in [0.05, 0.1) is 12.5 Å². The van der Waals surface area contributed by atoms with Crippen LogP contribution >= 0.6 is 0 Å². The topological polar surface area (TPSA) is 181 Å². The predicted octanol–water partition coefficient (Wildman–Crippen LogP) is -0.894. The van der Waals surface area contributed by atoms with Gasteiger partial charge < -0.3 is 15.4 Å². The highest BCUT2D eigenvalue weighted by Crippen LogP contribution is 2.30. The van der Waals surface area contributed by atoms with Crippen molar-refractivity contribution in [2.45, 2.75) is 44.3 Å². The van der Waals surface area contributed by atoms with Gasteiger partial charge in [0.25, 0.3) is 5.91 Å². The van der Waals surface area contributed by atoms with Crippen molar-refractivity contribution in [3.05, 3.63) is 29.8 Å². The number of nitrogens with two attached hydrogens (primary N) is 1. The van der Waals surface area contributed by atoms with E-state index in [1.54, 1.807) is 31.2 Å². The predicted molar refractivity (Wildman–Crippen MR) is 109 cm³/mol. The van der Waals surface area contributed by atoms with Crippen molar-refractivity contribution in [2.75, 3.05) is 13.2 Å². The number of hydrazine groups is 1. The van der Waals surface area contributed by atoms with Gasteiger partial charge in [-0.05, 0) is 25.8 Å². The number of hydrogen-bond acceptors (Lipinski definition) is 8. The molecule has 0 saturated carbocycles. The Morgan fingerprint density at radius 1 is 1.28 bits per heavy atom. The van der Waals surface area contributed by atoms with Crippen LogP contribution in [0.4, 0.5) is 4.79 Å². The number of para-hydroxylation sites is 1. The van der Waals surface area contributed by atoms with E-state index in [1.807, 2.05) is 0 Å². The molecule has 13 nitrogen and oxygen atoms in total. The molecule has 0 aliphatic carbocycles. The molecule has 0 spiro atoms. The van der Waals surface area contributed by atoms with Crippen LogP contribution < -0.4 is 21.3 Å². The number of fused-ring (bicyclic) bond motifs is 2. The Kier molecular flexibility index (Phi) is 7.18. The largest absolute Gasteiger partial charge is 0.492 e. The van der Waals surface area contributed by atoms with Crippen LogP contribution in [0.1, 0.15) is 25.3 Å². The van der Waals surface area contributed by atoms with E-state index in [2.05, 4.69) is 15.1 Å². The third-order valence-electron chi connectivity index (χ3n) is 4.95. The van der Waals surface area contributed by atoms with E-state index >= 15 is 0 Å². The zero-order valence-corrected chi connectivity index (χ0v) is 18.1. The smallest absolute Gasteiger partial charge is 0.418 e. The Balaban J connectivity index is 1.54. The van der Waals surface area contributed by atoms with Gasteiger partial charge >= 0.3 is 16.4 Å². The summed E-state index contributed by atoms with van der Waals surface area (Å²) in [7, 11) is -4.88. The summed E-state index contributed by atoms with van der Waals surface area (Å²) in [6.45, 7) is 2.11. The van der Waals surface area contributed by atoms with Gasteiger partial charge in [-0.1, -0.05) is 18.2 Å². The maximum atomic E-state index is 12.5. The third kappa shape index (κ3) is 5.85. The summed E-state index contributed by atoms with van der Waals surface area (Å²) in [5, 5.41) is 0.542. The van der Waals surface area contributed by atoms with E-state index in [1.165, 1.54) is 0 Å². The lowest BCUT2D eigenvalue weighted by Crippen LogP contribution is -2.54. The van der Waals surface area contributed by atoms with Gasteiger partial charge in [-0.15, -0.1) is 4.28 Å². The molecule has 1 aromatic carbocycles. The number of ether oxygens (including phenoxy) is 1. The van der Waals surface area contributed by atoms with Crippen molar-refractivity contribution in [1.82, 2.24) is 20.8 Å². The van der Waals surface area contributed by atoms with E-state index in [0.29, 0.717) is 16.4 Å². The Morgan fingerprint density at radius 3 is 2.69 bits per heavy atom. The molecule has 2 aliphatic rings. The molecule has 0 radical (unpaired) electrons. The summed E-state index contributed by atoms with van der Waals surface area (Å²) >= 11 is 0. The van der Waals surface area contributed by atoms with Gasteiger partial charge in [0.15, 0.2) is 0 Å². The number of benzene rings is 1. The molecule has 3 unspecified atom stereocenters. The van der Waals surface area contributed by atoms with Crippen molar-refractivity contribution in [3.8, 4) is 5.75 Å². The number of nitrogens with zero attached hydrogens (tertiary/aromatic N) is 2. The van der Waals surface area contributed by atoms with E-state index in [4.69, 9.17) is 15.0 Å². The fourth-order valence-electron chi connectivity index (χ4n) is 3.55.